The number of carbonyl (C=O) groups excluding carboxylic acids is 1. The first-order chi connectivity index (χ1) is 9.13. The lowest BCUT2D eigenvalue weighted by Gasteiger charge is -2.20. The molecule has 1 amide bonds. The highest BCUT2D eigenvalue weighted by molar-refractivity contribution is 5.97. The molecule has 2 heterocycles. The number of aromatic amines is 1. The number of rotatable bonds is 3. The number of nitrogens with zero attached hydrogens (tertiary/aromatic N) is 3. The summed E-state index contributed by atoms with van der Waals surface area (Å²) in [7, 11) is 0. The van der Waals surface area contributed by atoms with Crippen LogP contribution in [0.5, 0.6) is 0 Å². The molecule has 2 rings (SSSR count). The monoisotopic (exact) mass is 267 g/mol. The molecule has 0 atom stereocenters. The highest BCUT2D eigenvalue weighted by Crippen LogP contribution is 2.16. The summed E-state index contributed by atoms with van der Waals surface area (Å²) in [5.41, 5.74) is 7.31. The van der Waals surface area contributed by atoms with Crippen molar-refractivity contribution >= 4 is 11.6 Å². The number of hydrogen-bond donors (Lipinski definition) is 3. The fourth-order valence-corrected chi connectivity index (χ4v) is 2.29. The van der Waals surface area contributed by atoms with Crippen molar-refractivity contribution in [1.82, 2.24) is 20.0 Å². The average Bonchev–Trinajstić information content (AvgIpc) is 2.62. The number of anilines is 1. The summed E-state index contributed by atoms with van der Waals surface area (Å²) in [6.45, 7) is 5.63. The molecule has 0 unspecified atom stereocenters. The molecular formula is C12H21N5O2. The molecule has 1 fully saturated rings. The van der Waals surface area contributed by atoms with Crippen molar-refractivity contribution in [2.75, 3.05) is 45.1 Å². The zero-order valence-electron chi connectivity index (χ0n) is 11.2. The Labute approximate surface area is 112 Å². The van der Waals surface area contributed by atoms with Crippen LogP contribution in [0.25, 0.3) is 0 Å². The van der Waals surface area contributed by atoms with Gasteiger partial charge in [0, 0.05) is 26.2 Å². The number of β-amino-alcohol motifs (C(OH)–C–C–N with tert-alkyl or cyclic N) is 1. The van der Waals surface area contributed by atoms with Gasteiger partial charge in [0.05, 0.1) is 18.0 Å². The molecule has 1 aromatic rings. The minimum absolute atomic E-state index is 0.118. The number of nitrogens with one attached hydrogen (secondary N) is 1. The third-order valence-electron chi connectivity index (χ3n) is 3.49. The van der Waals surface area contributed by atoms with Gasteiger partial charge in [-0.3, -0.25) is 14.8 Å². The first-order valence-electron chi connectivity index (χ1n) is 6.56. The summed E-state index contributed by atoms with van der Waals surface area (Å²) in [5.74, 6) is -0.118. The van der Waals surface area contributed by atoms with Crippen molar-refractivity contribution in [3.63, 3.8) is 0 Å². The van der Waals surface area contributed by atoms with E-state index in [9.17, 15) is 4.79 Å². The summed E-state index contributed by atoms with van der Waals surface area (Å²) in [4.78, 5) is 16.3. The second kappa shape index (κ2) is 6.03. The minimum Gasteiger partial charge on any atom is -0.395 e. The Kier molecular flexibility index (Phi) is 4.39. The van der Waals surface area contributed by atoms with Gasteiger partial charge >= 0.3 is 0 Å². The van der Waals surface area contributed by atoms with Crippen LogP contribution < -0.4 is 5.73 Å². The van der Waals surface area contributed by atoms with E-state index in [4.69, 9.17) is 10.8 Å². The van der Waals surface area contributed by atoms with Gasteiger partial charge in [-0.2, -0.15) is 5.10 Å². The molecule has 4 N–H and O–H groups in total. The summed E-state index contributed by atoms with van der Waals surface area (Å²) in [6, 6.07) is 0. The standard InChI is InChI=1S/C12H21N5O2/c1-9-10(13)11(15-14-9)12(19)17-4-2-3-16(5-6-17)7-8-18/h18H,2-8,13H2,1H3,(H,14,15). The van der Waals surface area contributed by atoms with E-state index in [0.717, 1.165) is 25.2 Å². The van der Waals surface area contributed by atoms with Crippen LogP contribution in [0, 0.1) is 6.92 Å². The number of aliphatic hydroxyl groups excluding tert-OH is 1. The molecule has 106 valence electrons. The molecule has 7 heteroatoms. The quantitative estimate of drug-likeness (QED) is 0.682. The number of H-pyrrole nitrogens is 1. The molecule has 0 saturated carbocycles. The maximum atomic E-state index is 12.3. The Balaban J connectivity index is 2.02. The van der Waals surface area contributed by atoms with Gasteiger partial charge in [-0.15, -0.1) is 0 Å². The van der Waals surface area contributed by atoms with Crippen LogP contribution in [0.1, 0.15) is 22.6 Å². The van der Waals surface area contributed by atoms with Crippen LogP contribution in [0.2, 0.25) is 0 Å². The van der Waals surface area contributed by atoms with Gasteiger partial charge in [0.15, 0.2) is 5.69 Å². The van der Waals surface area contributed by atoms with Gasteiger partial charge < -0.3 is 15.7 Å². The lowest BCUT2D eigenvalue weighted by molar-refractivity contribution is 0.0755. The number of nitrogen functional groups attached to an aromatic ring is 1. The first kappa shape index (κ1) is 13.8. The fourth-order valence-electron chi connectivity index (χ4n) is 2.29. The fraction of sp³-hybridized carbons (Fsp3) is 0.667. The van der Waals surface area contributed by atoms with Gasteiger partial charge in [-0.25, -0.2) is 0 Å². The van der Waals surface area contributed by atoms with Crippen LogP contribution in [0.4, 0.5) is 5.69 Å². The second-order valence-corrected chi connectivity index (χ2v) is 4.82. The molecule has 1 aliphatic heterocycles. The smallest absolute Gasteiger partial charge is 0.276 e. The molecule has 19 heavy (non-hydrogen) atoms. The summed E-state index contributed by atoms with van der Waals surface area (Å²) in [6.07, 6.45) is 0.898. The Bertz CT molecular complexity index is 445. The first-order valence-corrected chi connectivity index (χ1v) is 6.56. The molecule has 1 saturated heterocycles. The van der Waals surface area contributed by atoms with E-state index in [-0.39, 0.29) is 12.5 Å². The number of aliphatic hydroxyl groups is 1. The predicted molar refractivity (Wildman–Crippen MR) is 71.8 cm³/mol. The van der Waals surface area contributed by atoms with Gasteiger partial charge in [-0.1, -0.05) is 0 Å². The van der Waals surface area contributed by atoms with Crippen molar-refractivity contribution in [2.45, 2.75) is 13.3 Å². The number of amides is 1. The number of carbonyl (C=O) groups is 1. The molecule has 0 aliphatic carbocycles. The second-order valence-electron chi connectivity index (χ2n) is 4.82. The van der Waals surface area contributed by atoms with Crippen molar-refractivity contribution in [1.29, 1.82) is 0 Å². The Hall–Kier alpha value is -1.60. The lowest BCUT2D eigenvalue weighted by Crippen LogP contribution is -2.36. The largest absolute Gasteiger partial charge is 0.395 e. The summed E-state index contributed by atoms with van der Waals surface area (Å²) < 4.78 is 0. The van der Waals surface area contributed by atoms with Crippen LogP contribution in [0.3, 0.4) is 0 Å². The van der Waals surface area contributed by atoms with Gasteiger partial charge in [0.2, 0.25) is 0 Å². The number of nitrogens with two attached hydrogens (primary N) is 1. The summed E-state index contributed by atoms with van der Waals surface area (Å²) >= 11 is 0. The number of aromatic nitrogens is 2. The Morgan fingerprint density at radius 3 is 2.84 bits per heavy atom. The normalized spacial score (nSPS) is 17.5. The van der Waals surface area contributed by atoms with Crippen molar-refractivity contribution < 1.29 is 9.90 Å². The Morgan fingerprint density at radius 2 is 2.21 bits per heavy atom. The van der Waals surface area contributed by atoms with E-state index in [1.807, 2.05) is 0 Å². The third-order valence-corrected chi connectivity index (χ3v) is 3.49. The van der Waals surface area contributed by atoms with E-state index < -0.39 is 0 Å². The van der Waals surface area contributed by atoms with Gasteiger partial charge in [-0.05, 0) is 19.9 Å². The Morgan fingerprint density at radius 1 is 1.42 bits per heavy atom. The topological polar surface area (TPSA) is 98.5 Å². The SMILES string of the molecule is Cc1[nH]nc(C(=O)N2CCCN(CCO)CC2)c1N. The zero-order chi connectivity index (χ0) is 13.8. The third kappa shape index (κ3) is 3.05. The van der Waals surface area contributed by atoms with Gasteiger partial charge in [0.1, 0.15) is 0 Å². The van der Waals surface area contributed by atoms with E-state index >= 15 is 0 Å². The zero-order valence-corrected chi connectivity index (χ0v) is 11.2. The lowest BCUT2D eigenvalue weighted by atomic mass is 10.2. The molecule has 0 radical (unpaired) electrons. The highest BCUT2D eigenvalue weighted by atomic mass is 16.3. The maximum absolute atomic E-state index is 12.3. The van der Waals surface area contributed by atoms with E-state index in [1.54, 1.807) is 11.8 Å². The van der Waals surface area contributed by atoms with Crippen molar-refractivity contribution in [3.05, 3.63) is 11.4 Å². The van der Waals surface area contributed by atoms with E-state index in [0.29, 0.717) is 31.0 Å². The molecule has 1 aliphatic rings. The highest BCUT2D eigenvalue weighted by Gasteiger charge is 2.24. The maximum Gasteiger partial charge on any atom is 0.276 e. The van der Waals surface area contributed by atoms with Crippen molar-refractivity contribution in [2.24, 2.45) is 0 Å². The molecule has 7 nitrogen and oxygen atoms in total. The molecule has 1 aromatic heterocycles. The number of hydrogen-bond acceptors (Lipinski definition) is 5. The van der Waals surface area contributed by atoms with E-state index in [1.165, 1.54) is 0 Å². The van der Waals surface area contributed by atoms with Crippen LogP contribution in [-0.4, -0.2) is 70.3 Å². The summed E-state index contributed by atoms with van der Waals surface area (Å²) in [5, 5.41) is 15.7. The van der Waals surface area contributed by atoms with Crippen LogP contribution in [0.15, 0.2) is 0 Å². The molecule has 0 bridgehead atoms. The average molecular weight is 267 g/mol. The van der Waals surface area contributed by atoms with Crippen molar-refractivity contribution in [3.8, 4) is 0 Å². The molecular weight excluding hydrogens is 246 g/mol. The predicted octanol–water partition coefficient (Wildman–Crippen LogP) is -0.559. The molecule has 0 aromatic carbocycles. The minimum atomic E-state index is -0.118. The number of aryl methyl sites for hydroxylation is 1. The van der Waals surface area contributed by atoms with E-state index in [2.05, 4.69) is 15.1 Å². The van der Waals surface area contributed by atoms with Gasteiger partial charge in [0.25, 0.3) is 5.91 Å². The molecule has 0 spiro atoms. The van der Waals surface area contributed by atoms with Crippen LogP contribution in [-0.2, 0) is 0 Å². The van der Waals surface area contributed by atoms with Crippen LogP contribution >= 0.6 is 0 Å².